The minimum Gasteiger partial charge on any atom is -0.380 e. The molecule has 0 aliphatic carbocycles. The van der Waals surface area contributed by atoms with E-state index in [0.717, 1.165) is 10.6 Å². The maximum Gasteiger partial charge on any atom is 0.323 e. The van der Waals surface area contributed by atoms with E-state index in [1.54, 1.807) is 12.1 Å². The van der Waals surface area contributed by atoms with Gasteiger partial charge in [-0.2, -0.15) is 5.26 Å². The van der Waals surface area contributed by atoms with E-state index < -0.39 is 35.5 Å². The Bertz CT molecular complexity index is 1400. The number of nitrogens with one attached hydrogen (secondary N) is 2. The molecule has 2 atom stereocenters. The Labute approximate surface area is 209 Å². The standard InChI is InChI=1S/C24H20ClFN6O4/c1-36-17-10-20(32(13-17)24(35)30-21-7-4-15(25)12-28-21)22(33)29-19-6-5-16(9-18(19)26)31-8-2-3-14(11-27)23(31)34/h2-9,12,17,20H,10,13H2,1H3,(H,29,33)(H,28,30,35)/t17-,20-/m1/s1. The van der Waals surface area contributed by atoms with Crippen molar-refractivity contribution >= 4 is 35.0 Å². The first-order valence-electron chi connectivity index (χ1n) is 10.7. The summed E-state index contributed by atoms with van der Waals surface area (Å²) in [4.78, 5) is 43.6. The van der Waals surface area contributed by atoms with Crippen LogP contribution in [-0.4, -0.2) is 52.2 Å². The molecule has 2 N–H and O–H groups in total. The van der Waals surface area contributed by atoms with Gasteiger partial charge in [0.15, 0.2) is 0 Å². The SMILES string of the molecule is CO[C@@H]1C[C@H](C(=O)Nc2ccc(-n3cccc(C#N)c3=O)cc2F)N(C(=O)Nc2ccc(Cl)cn2)C1. The van der Waals surface area contributed by atoms with Crippen LogP contribution < -0.4 is 16.2 Å². The Kier molecular flexibility index (Phi) is 7.28. The van der Waals surface area contributed by atoms with Crippen LogP contribution >= 0.6 is 11.6 Å². The summed E-state index contributed by atoms with van der Waals surface area (Å²) in [6.07, 6.45) is 2.60. The summed E-state index contributed by atoms with van der Waals surface area (Å²) in [5, 5.41) is 14.6. The number of aromatic nitrogens is 2. The van der Waals surface area contributed by atoms with Gasteiger partial charge in [0.2, 0.25) is 5.91 Å². The average Bonchev–Trinajstić information content (AvgIpc) is 3.32. The van der Waals surface area contributed by atoms with E-state index in [1.807, 2.05) is 0 Å². The van der Waals surface area contributed by atoms with Crippen LogP contribution in [0.4, 0.5) is 20.7 Å². The number of nitrogens with zero attached hydrogens (tertiary/aromatic N) is 4. The van der Waals surface area contributed by atoms with E-state index in [0.29, 0.717) is 5.02 Å². The number of halogens is 2. The summed E-state index contributed by atoms with van der Waals surface area (Å²) in [6.45, 7) is 0.146. The number of ether oxygens (including phenoxy) is 1. The molecule has 1 fully saturated rings. The highest BCUT2D eigenvalue weighted by Crippen LogP contribution is 2.24. The molecule has 12 heteroatoms. The van der Waals surface area contributed by atoms with Crippen molar-refractivity contribution in [2.45, 2.75) is 18.6 Å². The molecule has 36 heavy (non-hydrogen) atoms. The van der Waals surface area contributed by atoms with E-state index in [-0.39, 0.29) is 35.7 Å². The van der Waals surface area contributed by atoms with Crippen molar-refractivity contribution in [2.75, 3.05) is 24.3 Å². The van der Waals surface area contributed by atoms with Crippen LogP contribution in [0.25, 0.3) is 5.69 Å². The largest absolute Gasteiger partial charge is 0.380 e. The van der Waals surface area contributed by atoms with Crippen molar-refractivity contribution in [2.24, 2.45) is 0 Å². The third kappa shape index (κ3) is 5.19. The van der Waals surface area contributed by atoms with Crippen LogP contribution in [0.5, 0.6) is 0 Å². The minimum atomic E-state index is -0.934. The van der Waals surface area contributed by atoms with E-state index in [2.05, 4.69) is 15.6 Å². The number of anilines is 2. The maximum atomic E-state index is 14.9. The number of amides is 3. The molecule has 0 saturated carbocycles. The number of benzene rings is 1. The lowest BCUT2D eigenvalue weighted by atomic mass is 10.1. The number of hydrogen-bond acceptors (Lipinski definition) is 6. The number of methoxy groups -OCH3 is 1. The summed E-state index contributed by atoms with van der Waals surface area (Å²) < 4.78 is 21.4. The summed E-state index contributed by atoms with van der Waals surface area (Å²) in [6, 6.07) is 10.0. The second-order valence-electron chi connectivity index (χ2n) is 7.92. The topological polar surface area (TPSA) is 129 Å². The van der Waals surface area contributed by atoms with Crippen molar-refractivity contribution in [3.63, 3.8) is 0 Å². The number of likely N-dealkylation sites (tertiary alicyclic amines) is 1. The number of hydrogen-bond donors (Lipinski definition) is 2. The summed E-state index contributed by atoms with van der Waals surface area (Å²) in [7, 11) is 1.48. The molecule has 4 rings (SSSR count). The Morgan fingerprint density at radius 1 is 1.25 bits per heavy atom. The molecule has 3 heterocycles. The van der Waals surface area contributed by atoms with Crippen LogP contribution in [0.1, 0.15) is 12.0 Å². The molecule has 184 valence electrons. The van der Waals surface area contributed by atoms with E-state index in [1.165, 1.54) is 54.7 Å². The molecule has 1 aromatic carbocycles. The van der Waals surface area contributed by atoms with Crippen LogP contribution in [0.3, 0.4) is 0 Å². The predicted molar refractivity (Wildman–Crippen MR) is 130 cm³/mol. The lowest BCUT2D eigenvalue weighted by Crippen LogP contribution is -2.45. The van der Waals surface area contributed by atoms with E-state index in [9.17, 15) is 18.8 Å². The number of urea groups is 1. The molecule has 3 amide bonds. The van der Waals surface area contributed by atoms with Crippen molar-refractivity contribution in [3.8, 4) is 11.8 Å². The predicted octanol–water partition coefficient (Wildman–Crippen LogP) is 3.16. The fraction of sp³-hybridized carbons (Fsp3) is 0.208. The molecule has 2 aromatic heterocycles. The van der Waals surface area contributed by atoms with Crippen LogP contribution in [0.2, 0.25) is 5.02 Å². The van der Waals surface area contributed by atoms with Crippen LogP contribution in [-0.2, 0) is 9.53 Å². The summed E-state index contributed by atoms with van der Waals surface area (Å²) in [5.41, 5.74) is -0.626. The molecular weight excluding hydrogens is 491 g/mol. The van der Waals surface area contributed by atoms with Gasteiger partial charge in [-0.25, -0.2) is 14.2 Å². The molecule has 1 saturated heterocycles. The molecule has 0 radical (unpaired) electrons. The zero-order valence-electron chi connectivity index (χ0n) is 18.9. The Balaban J connectivity index is 1.51. The quantitative estimate of drug-likeness (QED) is 0.542. The van der Waals surface area contributed by atoms with Crippen molar-refractivity contribution < 1.29 is 18.7 Å². The lowest BCUT2D eigenvalue weighted by Gasteiger charge is -2.24. The maximum absolute atomic E-state index is 14.9. The third-order valence-electron chi connectivity index (χ3n) is 5.68. The average molecular weight is 511 g/mol. The smallest absolute Gasteiger partial charge is 0.323 e. The van der Waals surface area contributed by atoms with Gasteiger partial charge in [-0.3, -0.25) is 19.5 Å². The van der Waals surface area contributed by atoms with Crippen molar-refractivity contribution in [1.29, 1.82) is 5.26 Å². The van der Waals surface area contributed by atoms with Gasteiger partial charge >= 0.3 is 6.03 Å². The van der Waals surface area contributed by atoms with Gasteiger partial charge in [-0.05, 0) is 36.4 Å². The van der Waals surface area contributed by atoms with Crippen molar-refractivity contribution in [3.05, 3.63) is 81.6 Å². The van der Waals surface area contributed by atoms with Gasteiger partial charge in [0.25, 0.3) is 5.56 Å². The molecule has 3 aromatic rings. The minimum absolute atomic E-state index is 0.0867. The first-order valence-corrected chi connectivity index (χ1v) is 11.1. The number of rotatable bonds is 5. The van der Waals surface area contributed by atoms with Gasteiger partial charge < -0.3 is 15.0 Å². The first-order chi connectivity index (χ1) is 17.3. The molecular formula is C24H20ClFN6O4. The van der Waals surface area contributed by atoms with Gasteiger partial charge in [-0.1, -0.05) is 11.6 Å². The molecule has 0 spiro atoms. The molecule has 1 aliphatic rings. The first kappa shape index (κ1) is 24.8. The Morgan fingerprint density at radius 3 is 2.72 bits per heavy atom. The zero-order valence-corrected chi connectivity index (χ0v) is 19.7. The monoisotopic (exact) mass is 510 g/mol. The van der Waals surface area contributed by atoms with Gasteiger partial charge in [0.1, 0.15) is 29.3 Å². The zero-order chi connectivity index (χ0) is 25.8. The third-order valence-corrected chi connectivity index (χ3v) is 5.90. The van der Waals surface area contributed by atoms with E-state index in [4.69, 9.17) is 21.6 Å². The molecule has 0 unspecified atom stereocenters. The highest BCUT2D eigenvalue weighted by molar-refractivity contribution is 6.30. The normalized spacial score (nSPS) is 16.9. The fourth-order valence-corrected chi connectivity index (χ4v) is 3.94. The lowest BCUT2D eigenvalue weighted by molar-refractivity contribution is -0.119. The molecule has 0 bridgehead atoms. The Hall–Kier alpha value is -4.27. The summed E-state index contributed by atoms with van der Waals surface area (Å²) in [5.74, 6) is -1.15. The van der Waals surface area contributed by atoms with Crippen molar-refractivity contribution in [1.82, 2.24) is 14.5 Å². The highest BCUT2D eigenvalue weighted by atomic mass is 35.5. The molecule has 10 nitrogen and oxygen atoms in total. The number of carbonyl (C=O) groups is 2. The molecule has 1 aliphatic heterocycles. The van der Waals surface area contributed by atoms with Crippen LogP contribution in [0, 0.1) is 17.1 Å². The number of nitriles is 1. The number of pyridine rings is 2. The van der Waals surface area contributed by atoms with E-state index >= 15 is 0 Å². The van der Waals surface area contributed by atoms with Gasteiger partial charge in [-0.15, -0.1) is 0 Å². The fourth-order valence-electron chi connectivity index (χ4n) is 3.83. The van der Waals surface area contributed by atoms with Gasteiger partial charge in [0.05, 0.1) is 22.5 Å². The summed E-state index contributed by atoms with van der Waals surface area (Å²) >= 11 is 5.82. The second-order valence-corrected chi connectivity index (χ2v) is 8.35. The highest BCUT2D eigenvalue weighted by Gasteiger charge is 2.40. The second kappa shape index (κ2) is 10.6. The number of carbonyl (C=O) groups excluding carboxylic acids is 2. The van der Waals surface area contributed by atoms with Crippen LogP contribution in [0.15, 0.2) is 59.7 Å². The van der Waals surface area contributed by atoms with Gasteiger partial charge in [0, 0.05) is 38.5 Å². The Morgan fingerprint density at radius 2 is 2.06 bits per heavy atom.